The SMILES string of the molecule is CC.CC.CCOCC1SC[C@@H](c2cc([N+](=O)[O-])ccc2F)N=C1N. The van der Waals surface area contributed by atoms with E-state index >= 15 is 0 Å². The van der Waals surface area contributed by atoms with Gasteiger partial charge in [-0.25, -0.2) is 4.39 Å². The van der Waals surface area contributed by atoms with Crippen molar-refractivity contribution in [2.24, 2.45) is 10.7 Å². The highest BCUT2D eigenvalue weighted by Gasteiger charge is 2.27. The molecule has 25 heavy (non-hydrogen) atoms. The van der Waals surface area contributed by atoms with Crippen molar-refractivity contribution < 1.29 is 14.1 Å². The number of non-ortho nitro benzene ring substituents is 1. The minimum Gasteiger partial charge on any atom is -0.386 e. The molecule has 0 saturated heterocycles. The van der Waals surface area contributed by atoms with Crippen LogP contribution >= 0.6 is 11.8 Å². The first kappa shape index (κ1) is 23.3. The number of hydrogen-bond acceptors (Lipinski definition) is 6. The maximum atomic E-state index is 13.9. The number of thioether (sulfide) groups is 1. The average Bonchev–Trinajstić information content (AvgIpc) is 2.64. The lowest BCUT2D eigenvalue weighted by Crippen LogP contribution is -2.35. The maximum Gasteiger partial charge on any atom is 0.269 e. The smallest absolute Gasteiger partial charge is 0.269 e. The van der Waals surface area contributed by atoms with E-state index in [1.54, 1.807) is 0 Å². The van der Waals surface area contributed by atoms with Crippen molar-refractivity contribution in [3.05, 3.63) is 39.7 Å². The summed E-state index contributed by atoms with van der Waals surface area (Å²) in [6, 6.07) is 2.95. The van der Waals surface area contributed by atoms with Gasteiger partial charge < -0.3 is 10.5 Å². The van der Waals surface area contributed by atoms with E-state index in [1.807, 2.05) is 34.6 Å². The van der Waals surface area contributed by atoms with Crippen LogP contribution in [0.5, 0.6) is 0 Å². The number of ether oxygens (including phenoxy) is 1. The second-order valence-electron chi connectivity index (χ2n) is 4.51. The zero-order valence-corrected chi connectivity index (χ0v) is 16.3. The number of nitrogens with two attached hydrogens (primary N) is 1. The fourth-order valence-corrected chi connectivity index (χ4v) is 3.10. The Morgan fingerprint density at radius 3 is 2.56 bits per heavy atom. The lowest BCUT2D eigenvalue weighted by molar-refractivity contribution is -0.385. The summed E-state index contributed by atoms with van der Waals surface area (Å²) >= 11 is 1.52. The molecule has 8 heteroatoms. The minimum atomic E-state index is -0.552. The standard InChI is InChI=1S/C13H16FN3O3S.2C2H6/c1-2-20-6-12-13(15)16-11(7-21-12)9-5-8(17(18)19)3-4-10(9)14;2*1-2/h3-5,11-12H,2,6-7H2,1H3,(H2,15,16);2*1-2H3/t11-,12?;;/m0../s1. The first-order chi connectivity index (χ1) is 12.0. The van der Waals surface area contributed by atoms with Crippen LogP contribution in [-0.4, -0.2) is 35.0 Å². The van der Waals surface area contributed by atoms with Crippen molar-refractivity contribution in [2.45, 2.75) is 45.9 Å². The number of aliphatic imine (C=N–C) groups is 1. The lowest BCUT2D eigenvalue weighted by atomic mass is 10.1. The van der Waals surface area contributed by atoms with Gasteiger partial charge in [-0.05, 0) is 13.0 Å². The Hall–Kier alpha value is -1.67. The van der Waals surface area contributed by atoms with Crippen molar-refractivity contribution in [1.29, 1.82) is 0 Å². The number of nitro benzene ring substituents is 1. The Morgan fingerprint density at radius 2 is 2.04 bits per heavy atom. The second-order valence-corrected chi connectivity index (χ2v) is 5.75. The summed E-state index contributed by atoms with van der Waals surface area (Å²) in [5.41, 5.74) is 5.94. The number of halogens is 1. The van der Waals surface area contributed by atoms with Gasteiger partial charge in [0.05, 0.1) is 22.8 Å². The third-order valence-corrected chi connectivity index (χ3v) is 4.40. The minimum absolute atomic E-state index is 0.0528. The first-order valence-electron chi connectivity index (χ1n) is 8.49. The number of nitro groups is 1. The summed E-state index contributed by atoms with van der Waals surface area (Å²) in [5.74, 6) is 0.387. The van der Waals surface area contributed by atoms with Gasteiger partial charge in [0.15, 0.2) is 0 Å². The molecule has 0 aromatic heterocycles. The molecule has 6 nitrogen and oxygen atoms in total. The quantitative estimate of drug-likeness (QED) is 0.612. The second kappa shape index (κ2) is 12.7. The van der Waals surface area contributed by atoms with E-state index in [0.29, 0.717) is 24.8 Å². The summed E-state index contributed by atoms with van der Waals surface area (Å²) in [6.07, 6.45) is 0. The van der Waals surface area contributed by atoms with Crippen LogP contribution in [0.2, 0.25) is 0 Å². The third kappa shape index (κ3) is 6.99. The van der Waals surface area contributed by atoms with Crippen LogP contribution in [0.25, 0.3) is 0 Å². The van der Waals surface area contributed by atoms with Crippen LogP contribution < -0.4 is 5.73 Å². The summed E-state index contributed by atoms with van der Waals surface area (Å²) in [7, 11) is 0. The molecular formula is C17H28FN3O3S. The number of nitrogens with zero attached hydrogens (tertiary/aromatic N) is 2. The van der Waals surface area contributed by atoms with Crippen molar-refractivity contribution >= 4 is 23.3 Å². The Labute approximate surface area is 153 Å². The average molecular weight is 373 g/mol. The van der Waals surface area contributed by atoms with E-state index in [4.69, 9.17) is 10.5 Å². The fourth-order valence-electron chi connectivity index (χ4n) is 2.01. The molecule has 2 N–H and O–H groups in total. The Kier molecular flexibility index (Phi) is 11.8. The van der Waals surface area contributed by atoms with Gasteiger partial charge in [0.1, 0.15) is 11.7 Å². The molecule has 142 valence electrons. The molecule has 1 aromatic rings. The van der Waals surface area contributed by atoms with E-state index in [9.17, 15) is 14.5 Å². The highest BCUT2D eigenvalue weighted by Crippen LogP contribution is 2.33. The molecule has 1 heterocycles. The van der Waals surface area contributed by atoms with Crippen LogP contribution in [0.4, 0.5) is 10.1 Å². The molecule has 0 amide bonds. The van der Waals surface area contributed by atoms with Gasteiger partial charge in [0.25, 0.3) is 5.69 Å². The normalized spacial score (nSPS) is 18.9. The first-order valence-corrected chi connectivity index (χ1v) is 9.54. The topological polar surface area (TPSA) is 90.8 Å². The van der Waals surface area contributed by atoms with E-state index in [2.05, 4.69) is 4.99 Å². The summed E-state index contributed by atoms with van der Waals surface area (Å²) in [4.78, 5) is 14.5. The molecular weight excluding hydrogens is 345 g/mol. The number of benzene rings is 1. The monoisotopic (exact) mass is 373 g/mol. The summed E-state index contributed by atoms with van der Waals surface area (Å²) < 4.78 is 19.2. The van der Waals surface area contributed by atoms with Crippen LogP contribution in [0.15, 0.2) is 23.2 Å². The highest BCUT2D eigenvalue weighted by molar-refractivity contribution is 8.00. The zero-order chi connectivity index (χ0) is 19.4. The Bertz CT molecular complexity index is 570. The number of rotatable bonds is 5. The van der Waals surface area contributed by atoms with Gasteiger partial charge in [0, 0.05) is 30.1 Å². The van der Waals surface area contributed by atoms with Crippen LogP contribution in [0, 0.1) is 15.9 Å². The molecule has 0 bridgehead atoms. The molecule has 0 aliphatic carbocycles. The summed E-state index contributed by atoms with van der Waals surface area (Å²) in [5, 5.41) is 10.7. The molecule has 2 atom stereocenters. The van der Waals surface area contributed by atoms with Crippen molar-refractivity contribution in [2.75, 3.05) is 19.0 Å². The third-order valence-electron chi connectivity index (χ3n) is 3.11. The molecule has 2 rings (SSSR count). The molecule has 1 unspecified atom stereocenters. The van der Waals surface area contributed by atoms with Gasteiger partial charge in [-0.1, -0.05) is 27.7 Å². The van der Waals surface area contributed by atoms with Gasteiger partial charge in [0.2, 0.25) is 0 Å². The van der Waals surface area contributed by atoms with E-state index in [0.717, 1.165) is 12.1 Å². The van der Waals surface area contributed by atoms with Gasteiger partial charge in [-0.2, -0.15) is 0 Å². The lowest BCUT2D eigenvalue weighted by Gasteiger charge is -2.25. The van der Waals surface area contributed by atoms with E-state index in [-0.39, 0.29) is 16.5 Å². The molecule has 1 aliphatic heterocycles. The van der Waals surface area contributed by atoms with Crippen LogP contribution in [0.1, 0.15) is 46.2 Å². The maximum absolute atomic E-state index is 13.9. The molecule has 0 fully saturated rings. The van der Waals surface area contributed by atoms with E-state index in [1.165, 1.54) is 17.8 Å². The number of hydrogen-bond donors (Lipinski definition) is 1. The van der Waals surface area contributed by atoms with Crippen molar-refractivity contribution in [1.82, 2.24) is 0 Å². The molecule has 1 aromatic carbocycles. The van der Waals surface area contributed by atoms with Gasteiger partial charge in [-0.15, -0.1) is 11.8 Å². The molecule has 0 saturated carbocycles. The predicted octanol–water partition coefficient (Wildman–Crippen LogP) is 4.34. The van der Waals surface area contributed by atoms with Crippen molar-refractivity contribution in [3.63, 3.8) is 0 Å². The van der Waals surface area contributed by atoms with E-state index < -0.39 is 16.8 Å². The molecule has 1 aliphatic rings. The van der Waals surface area contributed by atoms with Gasteiger partial charge >= 0.3 is 0 Å². The largest absolute Gasteiger partial charge is 0.386 e. The summed E-state index contributed by atoms with van der Waals surface area (Å²) in [6.45, 7) is 10.9. The molecule has 0 radical (unpaired) electrons. The Balaban J connectivity index is 0.00000134. The predicted molar refractivity (Wildman–Crippen MR) is 103 cm³/mol. The van der Waals surface area contributed by atoms with Crippen LogP contribution in [-0.2, 0) is 4.74 Å². The Morgan fingerprint density at radius 1 is 1.40 bits per heavy atom. The highest BCUT2D eigenvalue weighted by atomic mass is 32.2. The van der Waals surface area contributed by atoms with Gasteiger partial charge in [-0.3, -0.25) is 15.1 Å². The van der Waals surface area contributed by atoms with Crippen LogP contribution in [0.3, 0.4) is 0 Å². The zero-order valence-electron chi connectivity index (χ0n) is 15.5. The molecule has 0 spiro atoms. The fraction of sp³-hybridized carbons (Fsp3) is 0.588. The van der Waals surface area contributed by atoms with Crippen molar-refractivity contribution in [3.8, 4) is 0 Å². The number of amidine groups is 1.